The second-order valence-corrected chi connectivity index (χ2v) is 7.69. The first-order valence-electron chi connectivity index (χ1n) is 10.0. The van der Waals surface area contributed by atoms with Crippen LogP contribution in [0.25, 0.3) is 0 Å². The second kappa shape index (κ2) is 8.86. The van der Waals surface area contributed by atoms with Crippen molar-refractivity contribution in [3.8, 4) is 0 Å². The number of rotatable bonds is 5. The summed E-state index contributed by atoms with van der Waals surface area (Å²) in [5.41, 5.74) is 2.31. The Morgan fingerprint density at radius 2 is 2.00 bits per heavy atom. The summed E-state index contributed by atoms with van der Waals surface area (Å²) in [5, 5.41) is 2.95. The van der Waals surface area contributed by atoms with E-state index in [1.807, 2.05) is 18.2 Å². The number of amides is 1. The van der Waals surface area contributed by atoms with Crippen LogP contribution < -0.4 is 5.32 Å². The third-order valence-electron chi connectivity index (χ3n) is 5.51. The van der Waals surface area contributed by atoms with Gasteiger partial charge in [0.15, 0.2) is 11.6 Å². The number of anilines is 1. The summed E-state index contributed by atoms with van der Waals surface area (Å²) in [7, 11) is 2.16. The number of ether oxygens (including phenoxy) is 1. The van der Waals surface area contributed by atoms with E-state index in [2.05, 4.69) is 33.2 Å². The molecule has 0 unspecified atom stereocenters. The van der Waals surface area contributed by atoms with Gasteiger partial charge in [-0.05, 0) is 37.6 Å². The average Bonchev–Trinajstić information content (AvgIpc) is 3.21. The molecule has 2 aromatic rings. The number of hydrogen-bond donors (Lipinski definition) is 1. The fourth-order valence-corrected chi connectivity index (χ4v) is 3.73. The highest BCUT2D eigenvalue weighted by Crippen LogP contribution is 2.26. The summed E-state index contributed by atoms with van der Waals surface area (Å²) in [6.07, 6.45) is 3.22. The predicted molar refractivity (Wildman–Crippen MR) is 106 cm³/mol. The zero-order valence-electron chi connectivity index (χ0n) is 16.4. The molecule has 1 aromatic carbocycles. The van der Waals surface area contributed by atoms with E-state index < -0.39 is 0 Å². The molecule has 0 bridgehead atoms. The zero-order valence-corrected chi connectivity index (χ0v) is 16.4. The van der Waals surface area contributed by atoms with E-state index >= 15 is 0 Å². The second-order valence-electron chi connectivity index (χ2n) is 7.69. The molecular formula is C21H28N4O3. The van der Waals surface area contributed by atoms with E-state index in [0.29, 0.717) is 24.8 Å². The lowest BCUT2D eigenvalue weighted by Gasteiger charge is -2.32. The number of carbonyl (C=O) groups is 1. The fraction of sp³-hybridized carbons (Fsp3) is 0.524. The molecule has 1 amide bonds. The van der Waals surface area contributed by atoms with Gasteiger partial charge in [-0.2, -0.15) is 0 Å². The van der Waals surface area contributed by atoms with Crippen molar-refractivity contribution in [2.75, 3.05) is 51.8 Å². The van der Waals surface area contributed by atoms with Crippen LogP contribution in [0, 0.1) is 0 Å². The number of aromatic nitrogens is 1. The molecule has 28 heavy (non-hydrogen) atoms. The van der Waals surface area contributed by atoms with Crippen molar-refractivity contribution in [2.24, 2.45) is 0 Å². The van der Waals surface area contributed by atoms with E-state index in [-0.39, 0.29) is 11.8 Å². The van der Waals surface area contributed by atoms with Gasteiger partial charge < -0.3 is 19.4 Å². The van der Waals surface area contributed by atoms with Crippen LogP contribution in [-0.4, -0.2) is 67.1 Å². The van der Waals surface area contributed by atoms with Crippen LogP contribution >= 0.6 is 0 Å². The Kier molecular flexibility index (Phi) is 6.04. The Balaban J connectivity index is 1.36. The maximum Gasteiger partial charge on any atom is 0.277 e. The quantitative estimate of drug-likeness (QED) is 0.854. The Morgan fingerprint density at radius 1 is 1.21 bits per heavy atom. The van der Waals surface area contributed by atoms with E-state index in [0.717, 1.165) is 51.3 Å². The van der Waals surface area contributed by atoms with Crippen molar-refractivity contribution in [3.63, 3.8) is 0 Å². The van der Waals surface area contributed by atoms with Gasteiger partial charge in [-0.15, -0.1) is 0 Å². The lowest BCUT2D eigenvalue weighted by Crippen LogP contribution is -2.43. The molecule has 3 heterocycles. The summed E-state index contributed by atoms with van der Waals surface area (Å²) >= 11 is 0. The summed E-state index contributed by atoms with van der Waals surface area (Å²) in [5.74, 6) is 0.637. The van der Waals surface area contributed by atoms with Crippen LogP contribution in [0.5, 0.6) is 0 Å². The van der Waals surface area contributed by atoms with Crippen molar-refractivity contribution in [2.45, 2.75) is 25.3 Å². The minimum atomic E-state index is -0.237. The van der Waals surface area contributed by atoms with Crippen LogP contribution in [0.4, 0.5) is 5.69 Å². The maximum absolute atomic E-state index is 12.6. The van der Waals surface area contributed by atoms with Gasteiger partial charge in [0.05, 0.1) is 0 Å². The van der Waals surface area contributed by atoms with Crippen LogP contribution in [0.2, 0.25) is 0 Å². The Labute approximate surface area is 165 Å². The number of oxazole rings is 1. The topological polar surface area (TPSA) is 70.8 Å². The minimum Gasteiger partial charge on any atom is -0.448 e. The van der Waals surface area contributed by atoms with Gasteiger partial charge in [-0.1, -0.05) is 12.1 Å². The highest BCUT2D eigenvalue weighted by atomic mass is 16.5. The van der Waals surface area contributed by atoms with Gasteiger partial charge in [0.2, 0.25) is 0 Å². The third-order valence-corrected chi connectivity index (χ3v) is 5.51. The van der Waals surface area contributed by atoms with Crippen LogP contribution in [0.1, 0.15) is 40.7 Å². The van der Waals surface area contributed by atoms with Crippen molar-refractivity contribution < 1.29 is 13.9 Å². The smallest absolute Gasteiger partial charge is 0.277 e. The highest BCUT2D eigenvalue weighted by molar-refractivity contribution is 6.02. The summed E-state index contributed by atoms with van der Waals surface area (Å²) in [4.78, 5) is 21.8. The zero-order chi connectivity index (χ0) is 19.3. The molecule has 4 rings (SSSR count). The first-order chi connectivity index (χ1) is 13.7. The molecule has 7 nitrogen and oxygen atoms in total. The molecule has 0 radical (unpaired) electrons. The van der Waals surface area contributed by atoms with Gasteiger partial charge in [0, 0.05) is 57.5 Å². The Morgan fingerprint density at radius 3 is 2.79 bits per heavy atom. The first kappa shape index (κ1) is 19.1. The van der Waals surface area contributed by atoms with Gasteiger partial charge in [-0.3, -0.25) is 9.69 Å². The lowest BCUT2D eigenvalue weighted by molar-refractivity contribution is 0.0794. The lowest BCUT2D eigenvalue weighted by atomic mass is 10.0. The van der Waals surface area contributed by atoms with E-state index in [1.165, 1.54) is 11.8 Å². The monoisotopic (exact) mass is 384 g/mol. The van der Waals surface area contributed by atoms with Crippen LogP contribution in [0.3, 0.4) is 0 Å². The number of benzene rings is 1. The van der Waals surface area contributed by atoms with Crippen molar-refractivity contribution in [1.29, 1.82) is 0 Å². The third kappa shape index (κ3) is 4.79. The van der Waals surface area contributed by atoms with Crippen molar-refractivity contribution in [1.82, 2.24) is 14.8 Å². The molecule has 0 atom stereocenters. The van der Waals surface area contributed by atoms with Crippen molar-refractivity contribution >= 4 is 11.6 Å². The Bertz CT molecular complexity index is 792. The maximum atomic E-state index is 12.6. The largest absolute Gasteiger partial charge is 0.448 e. The molecule has 0 aliphatic carbocycles. The molecule has 2 aliphatic heterocycles. The summed E-state index contributed by atoms with van der Waals surface area (Å²) < 4.78 is 10.9. The summed E-state index contributed by atoms with van der Waals surface area (Å²) in [6.45, 7) is 6.66. The highest BCUT2D eigenvalue weighted by Gasteiger charge is 2.22. The molecule has 7 heteroatoms. The summed E-state index contributed by atoms with van der Waals surface area (Å²) in [6, 6.07) is 8.03. The number of piperazine rings is 1. The number of hydrogen-bond acceptors (Lipinski definition) is 6. The van der Waals surface area contributed by atoms with Crippen LogP contribution in [-0.2, 0) is 11.3 Å². The number of nitrogens with zero attached hydrogens (tertiary/aromatic N) is 3. The number of nitrogens with one attached hydrogen (secondary N) is 1. The van der Waals surface area contributed by atoms with Gasteiger partial charge in [0.1, 0.15) is 6.26 Å². The van der Waals surface area contributed by atoms with E-state index in [1.54, 1.807) is 0 Å². The van der Waals surface area contributed by atoms with Gasteiger partial charge >= 0.3 is 0 Å². The molecule has 2 fully saturated rings. The molecule has 150 valence electrons. The fourth-order valence-electron chi connectivity index (χ4n) is 3.73. The molecule has 0 saturated carbocycles. The van der Waals surface area contributed by atoms with E-state index in [4.69, 9.17) is 9.15 Å². The molecule has 2 aliphatic rings. The Hall–Kier alpha value is -2.22. The standard InChI is InChI=1S/C21H28N4O3/c1-24-7-9-25(10-8-24)14-16-3-2-4-18(13-16)22-20(26)19-15-28-21(23-19)17-5-11-27-12-6-17/h2-4,13,15,17H,5-12,14H2,1H3,(H,22,26). The van der Waals surface area contributed by atoms with Gasteiger partial charge in [0.25, 0.3) is 5.91 Å². The number of likely N-dealkylation sites (N-methyl/N-ethyl adjacent to an activating group) is 1. The molecular weight excluding hydrogens is 356 g/mol. The first-order valence-corrected chi connectivity index (χ1v) is 10.0. The molecule has 1 N–H and O–H groups in total. The van der Waals surface area contributed by atoms with Crippen LogP contribution in [0.15, 0.2) is 34.9 Å². The van der Waals surface area contributed by atoms with Crippen molar-refractivity contribution in [3.05, 3.63) is 47.7 Å². The predicted octanol–water partition coefficient (Wildman–Crippen LogP) is 2.57. The van der Waals surface area contributed by atoms with Gasteiger partial charge in [-0.25, -0.2) is 4.98 Å². The minimum absolute atomic E-state index is 0.237. The average molecular weight is 384 g/mol. The van der Waals surface area contributed by atoms with E-state index in [9.17, 15) is 4.79 Å². The number of carbonyl (C=O) groups excluding carboxylic acids is 1. The molecule has 0 spiro atoms. The normalized spacial score (nSPS) is 19.6. The SMILES string of the molecule is CN1CCN(Cc2cccc(NC(=O)c3coc(C4CCOCC4)n3)c2)CC1. The molecule has 1 aromatic heterocycles. The molecule has 2 saturated heterocycles.